The van der Waals surface area contributed by atoms with Crippen molar-refractivity contribution in [1.29, 1.82) is 0 Å². The summed E-state index contributed by atoms with van der Waals surface area (Å²) >= 11 is 0. The number of ether oxygens (including phenoxy) is 2. The number of nitrogens with one attached hydrogen (secondary N) is 1. The first-order chi connectivity index (χ1) is 9.22. The lowest BCUT2D eigenvalue weighted by Gasteiger charge is -2.25. The van der Waals surface area contributed by atoms with Gasteiger partial charge in [0.15, 0.2) is 11.5 Å². The van der Waals surface area contributed by atoms with Crippen LogP contribution < -0.4 is 14.8 Å². The summed E-state index contributed by atoms with van der Waals surface area (Å²) in [6, 6.07) is 8.26. The predicted octanol–water partition coefficient (Wildman–Crippen LogP) is 3.63. The Morgan fingerprint density at radius 1 is 1.11 bits per heavy atom. The fourth-order valence-electron chi connectivity index (χ4n) is 2.07. The van der Waals surface area contributed by atoms with E-state index in [0.29, 0.717) is 6.04 Å². The molecule has 3 heteroatoms. The van der Waals surface area contributed by atoms with Gasteiger partial charge in [-0.3, -0.25) is 0 Å². The molecule has 19 heavy (non-hydrogen) atoms. The molecule has 0 aliphatic heterocycles. The van der Waals surface area contributed by atoms with E-state index in [1.165, 1.54) is 0 Å². The maximum atomic E-state index is 6.06. The van der Waals surface area contributed by atoms with Gasteiger partial charge in [-0.2, -0.15) is 0 Å². The van der Waals surface area contributed by atoms with Gasteiger partial charge in [-0.05, 0) is 38.4 Å². The molecule has 1 N–H and O–H groups in total. The number of hydrogen-bond acceptors (Lipinski definition) is 3. The van der Waals surface area contributed by atoms with Gasteiger partial charge >= 0.3 is 0 Å². The van der Waals surface area contributed by atoms with Crippen molar-refractivity contribution in [2.45, 2.75) is 52.7 Å². The van der Waals surface area contributed by atoms with Crippen molar-refractivity contribution in [3.05, 3.63) is 24.3 Å². The van der Waals surface area contributed by atoms with Gasteiger partial charge in [-0.1, -0.05) is 32.9 Å². The van der Waals surface area contributed by atoms with Gasteiger partial charge in [0, 0.05) is 6.04 Å². The average molecular weight is 265 g/mol. The largest absolute Gasteiger partial charge is 0.490 e. The molecule has 0 bridgehead atoms. The zero-order chi connectivity index (χ0) is 14.1. The highest BCUT2D eigenvalue weighted by atomic mass is 16.5. The molecule has 0 saturated carbocycles. The fourth-order valence-corrected chi connectivity index (χ4v) is 2.07. The summed E-state index contributed by atoms with van der Waals surface area (Å²) in [4.78, 5) is 0. The fraction of sp³-hybridized carbons (Fsp3) is 0.625. The van der Waals surface area contributed by atoms with Crippen LogP contribution in [-0.2, 0) is 0 Å². The Bertz CT molecular complexity index is 354. The first-order valence-corrected chi connectivity index (χ1v) is 7.34. The lowest BCUT2D eigenvalue weighted by Crippen LogP contribution is -2.40. The normalized spacial score (nSPS) is 13.9. The zero-order valence-electron chi connectivity index (χ0n) is 12.6. The van der Waals surface area contributed by atoms with Crippen LogP contribution in [0.3, 0.4) is 0 Å². The van der Waals surface area contributed by atoms with Crippen molar-refractivity contribution in [3.63, 3.8) is 0 Å². The summed E-state index contributed by atoms with van der Waals surface area (Å²) in [6.45, 7) is 10.2. The monoisotopic (exact) mass is 265 g/mol. The molecule has 0 heterocycles. The second-order valence-electron chi connectivity index (χ2n) is 4.69. The summed E-state index contributed by atoms with van der Waals surface area (Å²) in [5.41, 5.74) is 0. The quantitative estimate of drug-likeness (QED) is 0.739. The Balaban J connectivity index is 2.69. The van der Waals surface area contributed by atoms with Crippen molar-refractivity contribution in [3.8, 4) is 11.5 Å². The minimum absolute atomic E-state index is 0.122. The van der Waals surface area contributed by atoms with Crippen molar-refractivity contribution < 1.29 is 9.47 Å². The minimum atomic E-state index is 0.122. The summed E-state index contributed by atoms with van der Waals surface area (Å²) in [5, 5.41) is 3.45. The molecule has 2 unspecified atom stereocenters. The molecule has 0 radical (unpaired) electrons. The zero-order valence-corrected chi connectivity index (χ0v) is 12.6. The van der Waals surface area contributed by atoms with Crippen LogP contribution in [0.4, 0.5) is 0 Å². The molecule has 3 nitrogen and oxygen atoms in total. The Kier molecular flexibility index (Phi) is 7.34. The van der Waals surface area contributed by atoms with E-state index in [9.17, 15) is 0 Å². The van der Waals surface area contributed by atoms with Gasteiger partial charge < -0.3 is 14.8 Å². The SMILES string of the molecule is CCCOc1ccccc1OC(C)C(CC)NCC. The maximum absolute atomic E-state index is 6.06. The van der Waals surface area contributed by atoms with Gasteiger partial charge in [-0.25, -0.2) is 0 Å². The van der Waals surface area contributed by atoms with E-state index in [4.69, 9.17) is 9.47 Å². The summed E-state index contributed by atoms with van der Waals surface area (Å²) in [5.74, 6) is 1.67. The second kappa shape index (κ2) is 8.81. The lowest BCUT2D eigenvalue weighted by molar-refractivity contribution is 0.159. The number of benzene rings is 1. The van der Waals surface area contributed by atoms with Gasteiger partial charge in [0.05, 0.1) is 6.61 Å². The highest BCUT2D eigenvalue weighted by Gasteiger charge is 2.17. The molecular formula is C16H27NO2. The molecule has 1 aromatic carbocycles. The molecule has 0 saturated heterocycles. The number of rotatable bonds is 9. The third-order valence-corrected chi connectivity index (χ3v) is 3.10. The van der Waals surface area contributed by atoms with Crippen molar-refractivity contribution in [2.75, 3.05) is 13.2 Å². The minimum Gasteiger partial charge on any atom is -0.490 e. The number of para-hydroxylation sites is 2. The van der Waals surface area contributed by atoms with E-state index in [2.05, 4.69) is 33.0 Å². The molecule has 1 aromatic rings. The van der Waals surface area contributed by atoms with Crippen LogP contribution in [0.2, 0.25) is 0 Å². The first kappa shape index (κ1) is 15.8. The van der Waals surface area contributed by atoms with Gasteiger partial charge in [0.25, 0.3) is 0 Å². The van der Waals surface area contributed by atoms with Crippen LogP contribution in [0.5, 0.6) is 11.5 Å². The van der Waals surface area contributed by atoms with Crippen LogP contribution in [0, 0.1) is 0 Å². The van der Waals surface area contributed by atoms with Crippen LogP contribution in [0.15, 0.2) is 24.3 Å². The van der Waals surface area contributed by atoms with E-state index in [-0.39, 0.29) is 6.10 Å². The van der Waals surface area contributed by atoms with Crippen LogP contribution in [0.1, 0.15) is 40.5 Å². The molecule has 0 amide bonds. The predicted molar refractivity (Wildman–Crippen MR) is 80.1 cm³/mol. The molecule has 108 valence electrons. The maximum Gasteiger partial charge on any atom is 0.161 e. The molecule has 0 spiro atoms. The molecule has 0 aromatic heterocycles. The van der Waals surface area contributed by atoms with Gasteiger partial charge in [0.2, 0.25) is 0 Å². The number of hydrogen-bond donors (Lipinski definition) is 1. The summed E-state index contributed by atoms with van der Waals surface area (Å²) < 4.78 is 11.8. The number of likely N-dealkylation sites (N-methyl/N-ethyl adjacent to an activating group) is 1. The average Bonchev–Trinajstić information content (AvgIpc) is 2.43. The van der Waals surface area contributed by atoms with E-state index < -0.39 is 0 Å². The van der Waals surface area contributed by atoms with Gasteiger partial charge in [0.1, 0.15) is 6.10 Å². The smallest absolute Gasteiger partial charge is 0.161 e. The van der Waals surface area contributed by atoms with E-state index in [1.807, 2.05) is 24.3 Å². The van der Waals surface area contributed by atoms with E-state index in [1.54, 1.807) is 0 Å². The van der Waals surface area contributed by atoms with Crippen LogP contribution >= 0.6 is 0 Å². The van der Waals surface area contributed by atoms with Crippen molar-refractivity contribution >= 4 is 0 Å². The molecule has 1 rings (SSSR count). The third-order valence-electron chi connectivity index (χ3n) is 3.10. The first-order valence-electron chi connectivity index (χ1n) is 7.34. The Labute approximate surface area is 117 Å². The van der Waals surface area contributed by atoms with Crippen molar-refractivity contribution in [1.82, 2.24) is 5.32 Å². The lowest BCUT2D eigenvalue weighted by atomic mass is 10.1. The standard InChI is InChI=1S/C16H27NO2/c1-5-12-18-15-10-8-9-11-16(15)19-13(4)14(6-2)17-7-3/h8-11,13-14,17H,5-7,12H2,1-4H3. The van der Waals surface area contributed by atoms with Crippen molar-refractivity contribution in [2.24, 2.45) is 0 Å². The summed E-state index contributed by atoms with van der Waals surface area (Å²) in [7, 11) is 0. The Morgan fingerprint density at radius 2 is 1.79 bits per heavy atom. The van der Waals surface area contributed by atoms with Crippen LogP contribution in [-0.4, -0.2) is 25.3 Å². The molecular weight excluding hydrogens is 238 g/mol. The van der Waals surface area contributed by atoms with E-state index in [0.717, 1.165) is 37.5 Å². The second-order valence-corrected chi connectivity index (χ2v) is 4.69. The Hall–Kier alpha value is -1.22. The molecule has 0 fully saturated rings. The summed E-state index contributed by atoms with van der Waals surface area (Å²) in [6.07, 6.45) is 2.17. The van der Waals surface area contributed by atoms with E-state index >= 15 is 0 Å². The Morgan fingerprint density at radius 3 is 2.37 bits per heavy atom. The highest BCUT2D eigenvalue weighted by molar-refractivity contribution is 5.39. The van der Waals surface area contributed by atoms with Gasteiger partial charge in [-0.15, -0.1) is 0 Å². The molecule has 0 aliphatic carbocycles. The molecule has 2 atom stereocenters. The topological polar surface area (TPSA) is 30.5 Å². The van der Waals surface area contributed by atoms with Crippen LogP contribution in [0.25, 0.3) is 0 Å². The highest BCUT2D eigenvalue weighted by Crippen LogP contribution is 2.28. The third kappa shape index (κ3) is 5.11. The molecule has 0 aliphatic rings.